The van der Waals surface area contributed by atoms with Crippen molar-refractivity contribution < 1.29 is 19.0 Å². The summed E-state index contributed by atoms with van der Waals surface area (Å²) in [5.74, 6) is 0.272. The Morgan fingerprint density at radius 2 is 2.05 bits per heavy atom. The van der Waals surface area contributed by atoms with Gasteiger partial charge in [0.15, 0.2) is 0 Å². The number of hydrogen-bond acceptors (Lipinski definition) is 4. The van der Waals surface area contributed by atoms with Crippen molar-refractivity contribution in [1.29, 1.82) is 0 Å². The van der Waals surface area contributed by atoms with Crippen molar-refractivity contribution in [2.45, 2.75) is 52.4 Å². The van der Waals surface area contributed by atoms with Crippen LogP contribution in [0.2, 0.25) is 0 Å². The van der Waals surface area contributed by atoms with Crippen LogP contribution in [0.4, 0.5) is 0 Å². The van der Waals surface area contributed by atoms with Crippen LogP contribution in [0.5, 0.6) is 0 Å². The smallest absolute Gasteiger partial charge is 0.336 e. The summed E-state index contributed by atoms with van der Waals surface area (Å²) in [4.78, 5) is 11.8. The normalized spacial score (nSPS) is 36.2. The molecular weight excluding hydrogens is 268 g/mol. The van der Waals surface area contributed by atoms with E-state index in [1.165, 1.54) is 5.57 Å². The maximum atomic E-state index is 11.8. The third-order valence-electron chi connectivity index (χ3n) is 5.28. The largest absolute Gasteiger partial charge is 0.429 e. The molecule has 0 aromatic heterocycles. The molecule has 2 rings (SSSR count). The van der Waals surface area contributed by atoms with E-state index in [0.29, 0.717) is 5.92 Å². The molecule has 21 heavy (non-hydrogen) atoms. The van der Waals surface area contributed by atoms with Crippen molar-refractivity contribution in [2.75, 3.05) is 14.2 Å². The van der Waals surface area contributed by atoms with Crippen molar-refractivity contribution >= 4 is 5.97 Å². The summed E-state index contributed by atoms with van der Waals surface area (Å²) in [5, 5.41) is 0. The highest BCUT2D eigenvalue weighted by atomic mass is 16.7. The Kier molecular flexibility index (Phi) is 4.89. The standard InChI is InChI=1S/C17H26O4/c1-11-8-14(19-4)9-12(2)17(11,3)7-6-13-10-15(20-5)21-16(13)18/h8,10,12,14-15H,6-7,9H2,1-5H3/t12-,14+,15-,17-/m1/s1. The molecule has 118 valence electrons. The number of ether oxygens (including phenoxy) is 3. The number of rotatable bonds is 5. The Morgan fingerprint density at radius 3 is 2.57 bits per heavy atom. The van der Waals surface area contributed by atoms with E-state index in [0.717, 1.165) is 24.8 Å². The molecule has 4 heteroatoms. The van der Waals surface area contributed by atoms with E-state index in [-0.39, 0.29) is 17.5 Å². The predicted molar refractivity (Wildman–Crippen MR) is 80.6 cm³/mol. The van der Waals surface area contributed by atoms with E-state index in [1.54, 1.807) is 20.3 Å². The lowest BCUT2D eigenvalue weighted by Gasteiger charge is -2.42. The summed E-state index contributed by atoms with van der Waals surface area (Å²) in [7, 11) is 3.30. The lowest BCUT2D eigenvalue weighted by atomic mass is 9.64. The summed E-state index contributed by atoms with van der Waals surface area (Å²) >= 11 is 0. The summed E-state index contributed by atoms with van der Waals surface area (Å²) < 4.78 is 15.6. The fourth-order valence-corrected chi connectivity index (χ4v) is 3.29. The summed E-state index contributed by atoms with van der Waals surface area (Å²) in [6.45, 7) is 6.72. The van der Waals surface area contributed by atoms with Gasteiger partial charge in [-0.3, -0.25) is 0 Å². The maximum absolute atomic E-state index is 11.8. The van der Waals surface area contributed by atoms with Gasteiger partial charge in [-0.1, -0.05) is 25.5 Å². The highest BCUT2D eigenvalue weighted by Gasteiger charge is 2.38. The zero-order chi connectivity index (χ0) is 15.6. The first-order chi connectivity index (χ1) is 9.90. The van der Waals surface area contributed by atoms with Crippen LogP contribution in [0.3, 0.4) is 0 Å². The minimum Gasteiger partial charge on any atom is -0.429 e. The molecule has 0 amide bonds. The van der Waals surface area contributed by atoms with Gasteiger partial charge in [0, 0.05) is 19.8 Å². The van der Waals surface area contributed by atoms with Crippen LogP contribution in [-0.4, -0.2) is 32.6 Å². The molecule has 0 aromatic rings. The van der Waals surface area contributed by atoms with Gasteiger partial charge in [0.2, 0.25) is 6.29 Å². The van der Waals surface area contributed by atoms with Crippen molar-refractivity contribution in [3.8, 4) is 0 Å². The van der Waals surface area contributed by atoms with Crippen molar-refractivity contribution in [3.63, 3.8) is 0 Å². The fourth-order valence-electron chi connectivity index (χ4n) is 3.29. The van der Waals surface area contributed by atoms with Gasteiger partial charge in [-0.25, -0.2) is 4.79 Å². The van der Waals surface area contributed by atoms with Crippen LogP contribution in [0, 0.1) is 11.3 Å². The first-order valence-electron chi connectivity index (χ1n) is 7.57. The van der Waals surface area contributed by atoms with Crippen LogP contribution in [-0.2, 0) is 19.0 Å². The first-order valence-corrected chi connectivity index (χ1v) is 7.57. The third-order valence-corrected chi connectivity index (χ3v) is 5.28. The lowest BCUT2D eigenvalue weighted by molar-refractivity contribution is -0.155. The summed E-state index contributed by atoms with van der Waals surface area (Å²) in [6, 6.07) is 0. The molecule has 1 aliphatic heterocycles. The van der Waals surface area contributed by atoms with Gasteiger partial charge >= 0.3 is 5.97 Å². The second-order valence-electron chi connectivity index (χ2n) is 6.38. The topological polar surface area (TPSA) is 44.8 Å². The number of methoxy groups -OCH3 is 2. The minimum atomic E-state index is -0.515. The molecule has 4 nitrogen and oxygen atoms in total. The van der Waals surface area contributed by atoms with Gasteiger partial charge < -0.3 is 14.2 Å². The molecule has 1 aliphatic carbocycles. The van der Waals surface area contributed by atoms with E-state index in [2.05, 4.69) is 26.8 Å². The van der Waals surface area contributed by atoms with Crippen LogP contribution >= 0.6 is 0 Å². The minimum absolute atomic E-state index is 0.0985. The number of cyclic esters (lactones) is 1. The Morgan fingerprint density at radius 1 is 1.33 bits per heavy atom. The SMILES string of the molecule is CO[C@H]1C=C(CC[C@]2(C)C(C)=C[C@H](OC)C[C@H]2C)C(=O)O1. The molecule has 4 atom stereocenters. The lowest BCUT2D eigenvalue weighted by Crippen LogP contribution is -2.35. The number of carbonyl (C=O) groups excluding carboxylic acids is 1. The number of hydrogen-bond donors (Lipinski definition) is 0. The average molecular weight is 294 g/mol. The maximum Gasteiger partial charge on any atom is 0.336 e. The molecule has 1 heterocycles. The Balaban J connectivity index is 2.06. The van der Waals surface area contributed by atoms with Crippen LogP contribution in [0.1, 0.15) is 40.0 Å². The molecule has 0 aromatic carbocycles. The van der Waals surface area contributed by atoms with Crippen molar-refractivity contribution in [3.05, 3.63) is 23.3 Å². The molecule has 0 radical (unpaired) electrons. The molecule has 0 N–H and O–H groups in total. The fraction of sp³-hybridized carbons (Fsp3) is 0.706. The second kappa shape index (κ2) is 6.32. The Hall–Kier alpha value is -1.13. The Labute approximate surface area is 127 Å². The van der Waals surface area contributed by atoms with E-state index >= 15 is 0 Å². The van der Waals surface area contributed by atoms with Gasteiger partial charge in [-0.05, 0) is 43.6 Å². The molecule has 2 aliphatic rings. The molecule has 0 unspecified atom stereocenters. The number of esters is 1. The molecule has 0 saturated heterocycles. The van der Waals surface area contributed by atoms with Crippen LogP contribution < -0.4 is 0 Å². The quantitative estimate of drug-likeness (QED) is 0.577. The number of allylic oxidation sites excluding steroid dienone is 1. The van der Waals surface area contributed by atoms with Gasteiger partial charge in [0.05, 0.1) is 6.10 Å². The highest BCUT2D eigenvalue weighted by Crippen LogP contribution is 2.46. The van der Waals surface area contributed by atoms with E-state index < -0.39 is 6.29 Å². The van der Waals surface area contributed by atoms with Gasteiger partial charge in [0.1, 0.15) is 0 Å². The van der Waals surface area contributed by atoms with Crippen LogP contribution in [0.25, 0.3) is 0 Å². The van der Waals surface area contributed by atoms with Gasteiger partial charge in [0.25, 0.3) is 0 Å². The third kappa shape index (κ3) is 3.22. The molecule has 0 saturated carbocycles. The van der Waals surface area contributed by atoms with Crippen molar-refractivity contribution in [1.82, 2.24) is 0 Å². The zero-order valence-corrected chi connectivity index (χ0v) is 13.6. The van der Waals surface area contributed by atoms with Gasteiger partial charge in [-0.15, -0.1) is 0 Å². The first kappa shape index (κ1) is 16.2. The average Bonchev–Trinajstić information content (AvgIpc) is 2.82. The molecular formula is C17H26O4. The van der Waals surface area contributed by atoms with Crippen molar-refractivity contribution in [2.24, 2.45) is 11.3 Å². The summed E-state index contributed by atoms with van der Waals surface area (Å²) in [5.41, 5.74) is 2.18. The predicted octanol–water partition coefficient (Wildman–Crippen LogP) is 3.23. The monoisotopic (exact) mass is 294 g/mol. The summed E-state index contributed by atoms with van der Waals surface area (Å²) in [6.07, 6.45) is 6.39. The number of carbonyl (C=O) groups is 1. The molecule has 0 spiro atoms. The van der Waals surface area contributed by atoms with Crippen LogP contribution in [0.15, 0.2) is 23.3 Å². The van der Waals surface area contributed by atoms with E-state index in [4.69, 9.17) is 14.2 Å². The second-order valence-corrected chi connectivity index (χ2v) is 6.38. The highest BCUT2D eigenvalue weighted by molar-refractivity contribution is 5.90. The van der Waals surface area contributed by atoms with Gasteiger partial charge in [-0.2, -0.15) is 0 Å². The Bertz CT molecular complexity index is 465. The zero-order valence-electron chi connectivity index (χ0n) is 13.6. The molecule has 0 bridgehead atoms. The molecule has 0 fully saturated rings. The van der Waals surface area contributed by atoms with E-state index in [9.17, 15) is 4.79 Å². The van der Waals surface area contributed by atoms with E-state index in [1.807, 2.05) is 0 Å².